The molecule has 1 unspecified atom stereocenters. The van der Waals surface area contributed by atoms with Crippen LogP contribution in [0.2, 0.25) is 0 Å². The minimum atomic E-state index is -0.847. The number of carboxylic acid groups (broad SMARTS) is 1. The molecule has 2 aromatic carbocycles. The molecule has 0 spiro atoms. The first-order valence-corrected chi connectivity index (χ1v) is 5.97. The van der Waals surface area contributed by atoms with Gasteiger partial charge in [0.2, 0.25) is 0 Å². The van der Waals surface area contributed by atoms with Crippen molar-refractivity contribution in [1.82, 2.24) is 0 Å². The van der Waals surface area contributed by atoms with E-state index in [9.17, 15) is 9.90 Å². The Kier molecular flexibility index (Phi) is 2.63. The first kappa shape index (κ1) is 11.6. The van der Waals surface area contributed by atoms with E-state index < -0.39 is 11.9 Å². The first-order valence-electron chi connectivity index (χ1n) is 5.97. The Morgan fingerprint density at radius 1 is 1.16 bits per heavy atom. The number of aliphatic carboxylic acids is 1. The molecule has 2 aromatic rings. The van der Waals surface area contributed by atoms with Crippen LogP contribution in [0.1, 0.15) is 17.0 Å². The van der Waals surface area contributed by atoms with E-state index in [2.05, 4.69) is 5.32 Å². The second-order valence-electron chi connectivity index (χ2n) is 4.44. The SMILES string of the molecule is COc1ccc2c(c1)Nc1ccccc1C2C(=O)O. The molecular weight excluding hydrogens is 242 g/mol. The molecule has 1 atom stereocenters. The summed E-state index contributed by atoms with van der Waals surface area (Å²) in [5.74, 6) is -0.784. The predicted octanol–water partition coefficient (Wildman–Crippen LogP) is 2.97. The molecule has 3 rings (SSSR count). The lowest BCUT2D eigenvalue weighted by atomic mass is 9.86. The molecule has 1 aliphatic rings. The zero-order valence-corrected chi connectivity index (χ0v) is 10.4. The van der Waals surface area contributed by atoms with E-state index in [4.69, 9.17) is 4.74 Å². The van der Waals surface area contributed by atoms with Crippen molar-refractivity contribution in [2.45, 2.75) is 5.92 Å². The third-order valence-corrected chi connectivity index (χ3v) is 3.36. The Balaban J connectivity index is 2.19. The summed E-state index contributed by atoms with van der Waals surface area (Å²) >= 11 is 0. The number of para-hydroxylation sites is 1. The molecule has 0 saturated heterocycles. The highest BCUT2D eigenvalue weighted by atomic mass is 16.5. The molecule has 1 heterocycles. The molecule has 0 aliphatic carbocycles. The number of anilines is 2. The first-order chi connectivity index (χ1) is 9.20. The Bertz CT molecular complexity index is 652. The van der Waals surface area contributed by atoms with E-state index >= 15 is 0 Å². The average molecular weight is 255 g/mol. The van der Waals surface area contributed by atoms with Gasteiger partial charge in [0.1, 0.15) is 11.7 Å². The van der Waals surface area contributed by atoms with Gasteiger partial charge in [0.15, 0.2) is 0 Å². The summed E-state index contributed by atoms with van der Waals surface area (Å²) in [7, 11) is 1.59. The third-order valence-electron chi connectivity index (χ3n) is 3.36. The molecule has 0 radical (unpaired) electrons. The fraction of sp³-hybridized carbons (Fsp3) is 0.133. The van der Waals surface area contributed by atoms with Crippen molar-refractivity contribution in [3.05, 3.63) is 53.6 Å². The van der Waals surface area contributed by atoms with Crippen molar-refractivity contribution in [3.8, 4) is 5.75 Å². The number of hydrogen-bond acceptors (Lipinski definition) is 3. The quantitative estimate of drug-likeness (QED) is 0.866. The van der Waals surface area contributed by atoms with Crippen LogP contribution in [0.5, 0.6) is 5.75 Å². The van der Waals surface area contributed by atoms with Gasteiger partial charge in [-0.15, -0.1) is 0 Å². The second-order valence-corrected chi connectivity index (χ2v) is 4.44. The van der Waals surface area contributed by atoms with Crippen molar-refractivity contribution in [3.63, 3.8) is 0 Å². The summed E-state index contributed by atoms with van der Waals surface area (Å²) in [6, 6.07) is 12.9. The molecule has 0 aromatic heterocycles. The largest absolute Gasteiger partial charge is 0.497 e. The van der Waals surface area contributed by atoms with Crippen LogP contribution in [-0.2, 0) is 4.79 Å². The van der Waals surface area contributed by atoms with Crippen LogP contribution < -0.4 is 10.1 Å². The minimum Gasteiger partial charge on any atom is -0.497 e. The maximum Gasteiger partial charge on any atom is 0.315 e. The maximum atomic E-state index is 11.6. The molecule has 0 fully saturated rings. The second kappa shape index (κ2) is 4.31. The molecule has 2 N–H and O–H groups in total. The van der Waals surface area contributed by atoms with Crippen molar-refractivity contribution < 1.29 is 14.6 Å². The summed E-state index contributed by atoms with van der Waals surface area (Å²) in [6.45, 7) is 0. The van der Waals surface area contributed by atoms with Crippen LogP contribution in [0.25, 0.3) is 0 Å². The summed E-state index contributed by atoms with van der Waals surface area (Å²) in [5.41, 5.74) is 3.15. The standard InChI is InChI=1S/C15H13NO3/c1-19-9-6-7-11-13(8-9)16-12-5-3-2-4-10(12)14(11)15(17)18/h2-8,14,16H,1H3,(H,17,18). The van der Waals surface area contributed by atoms with E-state index in [1.807, 2.05) is 30.3 Å². The van der Waals surface area contributed by atoms with Crippen LogP contribution in [0.4, 0.5) is 11.4 Å². The van der Waals surface area contributed by atoms with Gasteiger partial charge in [-0.1, -0.05) is 24.3 Å². The molecule has 19 heavy (non-hydrogen) atoms. The topological polar surface area (TPSA) is 58.6 Å². The van der Waals surface area contributed by atoms with Gasteiger partial charge in [0, 0.05) is 17.4 Å². The van der Waals surface area contributed by atoms with Crippen LogP contribution in [-0.4, -0.2) is 18.2 Å². The van der Waals surface area contributed by atoms with Crippen LogP contribution in [0, 0.1) is 0 Å². The molecule has 96 valence electrons. The number of fused-ring (bicyclic) bond motifs is 2. The number of methoxy groups -OCH3 is 1. The molecule has 4 nitrogen and oxygen atoms in total. The highest BCUT2D eigenvalue weighted by Gasteiger charge is 2.30. The van der Waals surface area contributed by atoms with Gasteiger partial charge in [0.05, 0.1) is 7.11 Å². The molecule has 4 heteroatoms. The maximum absolute atomic E-state index is 11.6. The number of nitrogens with one attached hydrogen (secondary N) is 1. The highest BCUT2D eigenvalue weighted by Crippen LogP contribution is 2.42. The predicted molar refractivity (Wildman–Crippen MR) is 72.2 cm³/mol. The number of hydrogen-bond donors (Lipinski definition) is 2. The van der Waals surface area contributed by atoms with Gasteiger partial charge in [-0.2, -0.15) is 0 Å². The lowest BCUT2D eigenvalue weighted by Crippen LogP contribution is -2.20. The summed E-state index contributed by atoms with van der Waals surface area (Å²) < 4.78 is 5.18. The van der Waals surface area contributed by atoms with Gasteiger partial charge in [-0.25, -0.2) is 0 Å². The third kappa shape index (κ3) is 1.81. The molecule has 1 aliphatic heterocycles. The Hall–Kier alpha value is -2.49. The number of carbonyl (C=O) groups is 1. The Morgan fingerprint density at radius 2 is 1.89 bits per heavy atom. The highest BCUT2D eigenvalue weighted by molar-refractivity contribution is 5.89. The monoisotopic (exact) mass is 255 g/mol. The van der Waals surface area contributed by atoms with Gasteiger partial charge in [0.25, 0.3) is 0 Å². The van der Waals surface area contributed by atoms with Crippen molar-refractivity contribution >= 4 is 17.3 Å². The van der Waals surface area contributed by atoms with Gasteiger partial charge >= 0.3 is 5.97 Å². The normalized spacial score (nSPS) is 15.9. The summed E-state index contributed by atoms with van der Waals surface area (Å²) in [5, 5.41) is 12.8. The lowest BCUT2D eigenvalue weighted by molar-refractivity contribution is -0.137. The van der Waals surface area contributed by atoms with E-state index in [0.29, 0.717) is 5.75 Å². The minimum absolute atomic E-state index is 0.640. The molecule has 0 saturated carbocycles. The smallest absolute Gasteiger partial charge is 0.315 e. The fourth-order valence-electron chi connectivity index (χ4n) is 2.46. The van der Waals surface area contributed by atoms with E-state index in [1.165, 1.54) is 0 Å². The molecule has 0 amide bonds. The number of benzene rings is 2. The van der Waals surface area contributed by atoms with E-state index in [-0.39, 0.29) is 0 Å². The van der Waals surface area contributed by atoms with E-state index in [1.54, 1.807) is 19.2 Å². The van der Waals surface area contributed by atoms with Crippen molar-refractivity contribution in [2.24, 2.45) is 0 Å². The number of rotatable bonds is 2. The molecule has 0 bridgehead atoms. The zero-order valence-electron chi connectivity index (χ0n) is 10.4. The lowest BCUT2D eigenvalue weighted by Gasteiger charge is -2.27. The van der Waals surface area contributed by atoms with Crippen molar-refractivity contribution in [1.29, 1.82) is 0 Å². The van der Waals surface area contributed by atoms with Crippen LogP contribution in [0.3, 0.4) is 0 Å². The van der Waals surface area contributed by atoms with Gasteiger partial charge in [-0.3, -0.25) is 4.79 Å². The average Bonchev–Trinajstić information content (AvgIpc) is 2.43. The van der Waals surface area contributed by atoms with Gasteiger partial charge in [-0.05, 0) is 23.3 Å². The van der Waals surface area contributed by atoms with Crippen LogP contribution in [0.15, 0.2) is 42.5 Å². The Morgan fingerprint density at radius 3 is 2.63 bits per heavy atom. The van der Waals surface area contributed by atoms with Gasteiger partial charge < -0.3 is 15.2 Å². The summed E-state index contributed by atoms with van der Waals surface area (Å²) in [4.78, 5) is 11.6. The van der Waals surface area contributed by atoms with Crippen molar-refractivity contribution in [2.75, 3.05) is 12.4 Å². The zero-order chi connectivity index (χ0) is 13.4. The number of ether oxygens (including phenoxy) is 1. The van der Waals surface area contributed by atoms with Crippen LogP contribution >= 0.6 is 0 Å². The fourth-order valence-corrected chi connectivity index (χ4v) is 2.46. The number of carboxylic acids is 1. The van der Waals surface area contributed by atoms with E-state index in [0.717, 1.165) is 22.5 Å². The summed E-state index contributed by atoms with van der Waals surface area (Å²) in [6.07, 6.45) is 0. The molecular formula is C15H13NO3. The Labute approximate surface area is 110 Å².